The highest BCUT2D eigenvalue weighted by atomic mass is 16.3. The fraction of sp³-hybridized carbons (Fsp3) is 0.478. The summed E-state index contributed by atoms with van der Waals surface area (Å²) in [5.74, 6) is 1.40. The summed E-state index contributed by atoms with van der Waals surface area (Å²) in [4.78, 5) is 29.0. The van der Waals surface area contributed by atoms with Gasteiger partial charge in [-0.1, -0.05) is 18.2 Å². The van der Waals surface area contributed by atoms with Gasteiger partial charge in [-0.25, -0.2) is 0 Å². The first kappa shape index (κ1) is 19.7. The van der Waals surface area contributed by atoms with E-state index in [4.69, 9.17) is 4.42 Å². The lowest BCUT2D eigenvalue weighted by Gasteiger charge is -2.33. The summed E-state index contributed by atoms with van der Waals surface area (Å²) in [6, 6.07) is 11.7. The maximum Gasteiger partial charge on any atom is 0.287 e. The molecule has 29 heavy (non-hydrogen) atoms. The van der Waals surface area contributed by atoms with E-state index in [1.165, 1.54) is 0 Å². The molecule has 4 rings (SSSR count). The lowest BCUT2D eigenvalue weighted by atomic mass is 9.95. The maximum absolute atomic E-state index is 12.4. The van der Waals surface area contributed by atoms with Gasteiger partial charge >= 0.3 is 0 Å². The van der Waals surface area contributed by atoms with Crippen LogP contribution < -0.4 is 10.2 Å². The lowest BCUT2D eigenvalue weighted by Crippen LogP contribution is -2.41. The Morgan fingerprint density at radius 3 is 2.59 bits per heavy atom. The van der Waals surface area contributed by atoms with Crippen molar-refractivity contribution in [3.63, 3.8) is 0 Å². The number of carbonyl (C=O) groups excluding carboxylic acids is 2. The molecule has 0 bridgehead atoms. The third-order valence-electron chi connectivity index (χ3n) is 6.12. The molecule has 2 aliphatic rings. The predicted molar refractivity (Wildman–Crippen MR) is 112 cm³/mol. The third kappa shape index (κ3) is 4.70. The van der Waals surface area contributed by atoms with Crippen molar-refractivity contribution in [2.24, 2.45) is 11.8 Å². The molecule has 6 heteroatoms. The number of benzene rings is 1. The number of para-hydroxylation sites is 1. The standard InChI is InChI=1S/C23H29N3O3/c1-17-9-12-29-22(17)23(28)24-14-18-7-10-25(11-8-18)15-19-13-21(27)26(16-19)20-5-3-2-4-6-20/h2-6,9,12,18-19H,7-8,10-11,13-16H2,1H3,(H,24,28). The first-order valence-electron chi connectivity index (χ1n) is 10.5. The molecule has 1 aromatic heterocycles. The molecule has 1 atom stereocenters. The van der Waals surface area contributed by atoms with Crippen LogP contribution in [0.3, 0.4) is 0 Å². The number of piperidine rings is 1. The zero-order valence-electron chi connectivity index (χ0n) is 17.0. The molecular weight excluding hydrogens is 366 g/mol. The number of hydrogen-bond donors (Lipinski definition) is 1. The molecule has 2 aromatic rings. The molecule has 154 valence electrons. The first-order chi connectivity index (χ1) is 14.1. The number of nitrogens with zero attached hydrogens (tertiary/aromatic N) is 2. The van der Waals surface area contributed by atoms with Crippen LogP contribution in [0.1, 0.15) is 35.4 Å². The van der Waals surface area contributed by atoms with Crippen LogP contribution in [-0.2, 0) is 4.79 Å². The normalized spacial score (nSPS) is 20.9. The minimum absolute atomic E-state index is 0.125. The Morgan fingerprint density at radius 2 is 1.90 bits per heavy atom. The molecule has 6 nitrogen and oxygen atoms in total. The van der Waals surface area contributed by atoms with Crippen molar-refractivity contribution in [1.82, 2.24) is 10.2 Å². The van der Waals surface area contributed by atoms with E-state index in [0.29, 0.717) is 30.6 Å². The Bertz CT molecular complexity index is 840. The van der Waals surface area contributed by atoms with E-state index in [0.717, 1.165) is 50.3 Å². The lowest BCUT2D eigenvalue weighted by molar-refractivity contribution is -0.117. The zero-order chi connectivity index (χ0) is 20.2. The summed E-state index contributed by atoms with van der Waals surface area (Å²) in [5.41, 5.74) is 1.87. The van der Waals surface area contributed by atoms with Crippen LogP contribution in [0.2, 0.25) is 0 Å². The molecule has 2 fully saturated rings. The van der Waals surface area contributed by atoms with E-state index in [9.17, 15) is 9.59 Å². The molecule has 0 aliphatic carbocycles. The Labute approximate surface area is 171 Å². The smallest absolute Gasteiger partial charge is 0.287 e. The van der Waals surface area contributed by atoms with Crippen LogP contribution in [0.15, 0.2) is 47.1 Å². The fourth-order valence-electron chi connectivity index (χ4n) is 4.42. The SMILES string of the molecule is Cc1ccoc1C(=O)NCC1CCN(CC2CC(=O)N(c3ccccc3)C2)CC1. The quantitative estimate of drug-likeness (QED) is 0.816. The number of furan rings is 1. The minimum Gasteiger partial charge on any atom is -0.459 e. The van der Waals surface area contributed by atoms with Crippen LogP contribution in [-0.4, -0.2) is 49.4 Å². The molecule has 0 spiro atoms. The monoisotopic (exact) mass is 395 g/mol. The molecule has 0 radical (unpaired) electrons. The van der Waals surface area contributed by atoms with Crippen LogP contribution >= 0.6 is 0 Å². The van der Waals surface area contributed by atoms with E-state index in [1.807, 2.05) is 42.2 Å². The molecule has 1 N–H and O–H groups in total. The van der Waals surface area contributed by atoms with Gasteiger partial charge in [-0.05, 0) is 62.9 Å². The second-order valence-electron chi connectivity index (χ2n) is 8.30. The van der Waals surface area contributed by atoms with Gasteiger partial charge in [0.15, 0.2) is 5.76 Å². The van der Waals surface area contributed by atoms with Gasteiger partial charge in [0, 0.05) is 37.3 Å². The summed E-state index contributed by atoms with van der Waals surface area (Å²) in [7, 11) is 0. The number of carbonyl (C=O) groups is 2. The van der Waals surface area contributed by atoms with Crippen LogP contribution in [0.25, 0.3) is 0 Å². The van der Waals surface area contributed by atoms with Gasteiger partial charge in [-0.15, -0.1) is 0 Å². The Hall–Kier alpha value is -2.60. The highest BCUT2D eigenvalue weighted by Crippen LogP contribution is 2.27. The second-order valence-corrected chi connectivity index (χ2v) is 8.30. The molecule has 3 heterocycles. The summed E-state index contributed by atoms with van der Waals surface area (Å²) >= 11 is 0. The van der Waals surface area contributed by atoms with Crippen LogP contribution in [0.5, 0.6) is 0 Å². The van der Waals surface area contributed by atoms with Crippen molar-refractivity contribution >= 4 is 17.5 Å². The van der Waals surface area contributed by atoms with Crippen LogP contribution in [0.4, 0.5) is 5.69 Å². The van der Waals surface area contributed by atoms with E-state index < -0.39 is 0 Å². The maximum atomic E-state index is 12.4. The molecule has 1 aromatic carbocycles. The highest BCUT2D eigenvalue weighted by Gasteiger charge is 2.32. The van der Waals surface area contributed by atoms with Crippen molar-refractivity contribution in [3.8, 4) is 0 Å². The number of amides is 2. The van der Waals surface area contributed by atoms with Crippen molar-refractivity contribution in [2.75, 3.05) is 37.6 Å². The van der Waals surface area contributed by atoms with Gasteiger partial charge in [0.2, 0.25) is 5.91 Å². The zero-order valence-corrected chi connectivity index (χ0v) is 17.0. The highest BCUT2D eigenvalue weighted by molar-refractivity contribution is 5.95. The van der Waals surface area contributed by atoms with Gasteiger partial charge in [-0.2, -0.15) is 0 Å². The number of anilines is 1. The Kier molecular flexibility index (Phi) is 6.00. The Morgan fingerprint density at radius 1 is 1.14 bits per heavy atom. The van der Waals surface area contributed by atoms with E-state index >= 15 is 0 Å². The molecular formula is C23H29N3O3. The average molecular weight is 396 g/mol. The van der Waals surface area contributed by atoms with Crippen LogP contribution in [0, 0.1) is 18.8 Å². The van der Waals surface area contributed by atoms with Gasteiger partial charge in [0.25, 0.3) is 5.91 Å². The molecule has 0 saturated carbocycles. The van der Waals surface area contributed by atoms with Crippen molar-refractivity contribution in [2.45, 2.75) is 26.2 Å². The fourth-order valence-corrected chi connectivity index (χ4v) is 4.42. The van der Waals surface area contributed by atoms with Crippen molar-refractivity contribution < 1.29 is 14.0 Å². The predicted octanol–water partition coefficient (Wildman–Crippen LogP) is 3.08. The number of rotatable bonds is 6. The van der Waals surface area contributed by atoms with Crippen molar-refractivity contribution in [3.05, 3.63) is 54.0 Å². The molecule has 1 unspecified atom stereocenters. The summed E-state index contributed by atoms with van der Waals surface area (Å²) in [6.45, 7) is 6.40. The summed E-state index contributed by atoms with van der Waals surface area (Å²) in [5, 5.41) is 3.01. The largest absolute Gasteiger partial charge is 0.459 e. The summed E-state index contributed by atoms with van der Waals surface area (Å²) in [6.07, 6.45) is 4.32. The number of aryl methyl sites for hydroxylation is 1. The Balaban J connectivity index is 1.20. The van der Waals surface area contributed by atoms with E-state index in [1.54, 1.807) is 12.3 Å². The van der Waals surface area contributed by atoms with Gasteiger partial charge in [0.05, 0.1) is 6.26 Å². The van der Waals surface area contributed by atoms with E-state index in [-0.39, 0.29) is 11.8 Å². The first-order valence-corrected chi connectivity index (χ1v) is 10.5. The molecule has 2 aliphatic heterocycles. The molecule has 2 amide bonds. The van der Waals surface area contributed by atoms with Gasteiger partial charge in [-0.3, -0.25) is 9.59 Å². The third-order valence-corrected chi connectivity index (χ3v) is 6.12. The number of hydrogen-bond acceptors (Lipinski definition) is 4. The summed E-state index contributed by atoms with van der Waals surface area (Å²) < 4.78 is 5.25. The van der Waals surface area contributed by atoms with Crippen molar-refractivity contribution in [1.29, 1.82) is 0 Å². The second kappa shape index (κ2) is 8.82. The molecule has 2 saturated heterocycles. The average Bonchev–Trinajstić information content (AvgIpc) is 3.33. The topological polar surface area (TPSA) is 65.8 Å². The number of likely N-dealkylation sites (tertiary alicyclic amines) is 1. The van der Waals surface area contributed by atoms with E-state index in [2.05, 4.69) is 10.2 Å². The number of nitrogens with one attached hydrogen (secondary N) is 1. The van der Waals surface area contributed by atoms with Gasteiger partial charge < -0.3 is 19.5 Å². The van der Waals surface area contributed by atoms with Gasteiger partial charge in [0.1, 0.15) is 0 Å². The minimum atomic E-state index is -0.125.